The second-order valence-electron chi connectivity index (χ2n) is 4.41. The molecule has 0 unspecified atom stereocenters. The molecule has 0 spiro atoms. The molecule has 100 valence electrons. The standard InChI is InChI=1S/C11H14N6OS/c18-11(14-8-2-1-4-12-6-8)10-9(3-5-19-10)17-7-13-15-16-17/h3,5,7-8,12H,1-2,4,6H2,(H,14,18)/t8-/m0/s1. The lowest BCUT2D eigenvalue weighted by Crippen LogP contribution is -2.45. The molecule has 3 rings (SSSR count). The number of rotatable bonds is 3. The summed E-state index contributed by atoms with van der Waals surface area (Å²) in [5.41, 5.74) is 0.719. The van der Waals surface area contributed by atoms with Gasteiger partial charge in [-0.2, -0.15) is 4.68 Å². The number of carbonyl (C=O) groups is 1. The highest BCUT2D eigenvalue weighted by molar-refractivity contribution is 7.12. The van der Waals surface area contributed by atoms with Gasteiger partial charge in [-0.15, -0.1) is 16.4 Å². The predicted molar refractivity (Wildman–Crippen MR) is 70.4 cm³/mol. The molecule has 1 amide bonds. The molecule has 2 aromatic rings. The number of piperidine rings is 1. The van der Waals surface area contributed by atoms with Gasteiger partial charge in [0.15, 0.2) is 0 Å². The van der Waals surface area contributed by atoms with E-state index in [-0.39, 0.29) is 11.9 Å². The third-order valence-corrected chi connectivity index (χ3v) is 3.98. The van der Waals surface area contributed by atoms with Crippen LogP contribution in [0.3, 0.4) is 0 Å². The van der Waals surface area contributed by atoms with Crippen LogP contribution in [0, 0.1) is 0 Å². The molecule has 1 aliphatic heterocycles. The lowest BCUT2D eigenvalue weighted by Gasteiger charge is -2.23. The molecule has 1 saturated heterocycles. The van der Waals surface area contributed by atoms with Crippen molar-refractivity contribution in [2.75, 3.05) is 13.1 Å². The highest BCUT2D eigenvalue weighted by atomic mass is 32.1. The monoisotopic (exact) mass is 278 g/mol. The summed E-state index contributed by atoms with van der Waals surface area (Å²) in [6, 6.07) is 2.04. The maximum absolute atomic E-state index is 12.3. The maximum atomic E-state index is 12.3. The van der Waals surface area contributed by atoms with Gasteiger partial charge < -0.3 is 10.6 Å². The molecule has 0 aromatic carbocycles. The Kier molecular flexibility index (Phi) is 3.51. The fraction of sp³-hybridized carbons (Fsp3) is 0.455. The number of aromatic nitrogens is 4. The van der Waals surface area contributed by atoms with E-state index in [1.165, 1.54) is 22.3 Å². The summed E-state index contributed by atoms with van der Waals surface area (Å²) in [5, 5.41) is 19.2. The van der Waals surface area contributed by atoms with Crippen molar-refractivity contribution in [2.24, 2.45) is 0 Å². The zero-order valence-corrected chi connectivity index (χ0v) is 11.1. The summed E-state index contributed by atoms with van der Waals surface area (Å²) in [7, 11) is 0. The second-order valence-corrected chi connectivity index (χ2v) is 5.32. The molecule has 8 heteroatoms. The minimum Gasteiger partial charge on any atom is -0.347 e. The highest BCUT2D eigenvalue weighted by Gasteiger charge is 2.20. The van der Waals surface area contributed by atoms with Crippen LogP contribution in [0.4, 0.5) is 0 Å². The van der Waals surface area contributed by atoms with Crippen molar-refractivity contribution < 1.29 is 4.79 Å². The molecule has 0 saturated carbocycles. The minimum absolute atomic E-state index is 0.0609. The Labute approximate surface area is 114 Å². The summed E-state index contributed by atoms with van der Waals surface area (Å²) < 4.78 is 1.50. The van der Waals surface area contributed by atoms with Gasteiger partial charge in [-0.1, -0.05) is 0 Å². The Morgan fingerprint density at radius 1 is 1.58 bits per heavy atom. The molecule has 1 aliphatic rings. The molecule has 7 nitrogen and oxygen atoms in total. The van der Waals surface area contributed by atoms with Gasteiger partial charge in [0.1, 0.15) is 11.2 Å². The van der Waals surface area contributed by atoms with Crippen molar-refractivity contribution in [1.29, 1.82) is 0 Å². The van der Waals surface area contributed by atoms with Gasteiger partial charge in [0.05, 0.1) is 5.69 Å². The third-order valence-electron chi connectivity index (χ3n) is 3.08. The van der Waals surface area contributed by atoms with Gasteiger partial charge >= 0.3 is 0 Å². The van der Waals surface area contributed by atoms with Crippen LogP contribution in [-0.4, -0.2) is 45.2 Å². The van der Waals surface area contributed by atoms with Crippen molar-refractivity contribution in [3.05, 3.63) is 22.7 Å². The Morgan fingerprint density at radius 2 is 2.53 bits per heavy atom. The second kappa shape index (κ2) is 5.45. The lowest BCUT2D eigenvalue weighted by atomic mass is 10.1. The van der Waals surface area contributed by atoms with E-state index in [1.807, 2.05) is 11.4 Å². The van der Waals surface area contributed by atoms with Gasteiger partial charge in [-0.25, -0.2) is 0 Å². The van der Waals surface area contributed by atoms with Crippen LogP contribution in [0.1, 0.15) is 22.5 Å². The molecule has 3 heterocycles. The van der Waals surface area contributed by atoms with Crippen LogP contribution in [-0.2, 0) is 0 Å². The number of thiophene rings is 1. The number of carbonyl (C=O) groups excluding carboxylic acids is 1. The van der Waals surface area contributed by atoms with E-state index in [2.05, 4.69) is 26.2 Å². The largest absolute Gasteiger partial charge is 0.347 e. The smallest absolute Gasteiger partial charge is 0.263 e. The van der Waals surface area contributed by atoms with Crippen LogP contribution in [0.5, 0.6) is 0 Å². The van der Waals surface area contributed by atoms with E-state index >= 15 is 0 Å². The first-order valence-corrected chi connectivity index (χ1v) is 7.05. The molecule has 0 radical (unpaired) electrons. The number of tetrazole rings is 1. The zero-order valence-electron chi connectivity index (χ0n) is 10.2. The maximum Gasteiger partial charge on any atom is 0.263 e. The molecule has 19 heavy (non-hydrogen) atoms. The quantitative estimate of drug-likeness (QED) is 0.838. The number of nitrogens with zero attached hydrogens (tertiary/aromatic N) is 4. The molecule has 0 bridgehead atoms. The number of amides is 1. The molecule has 1 atom stereocenters. The average Bonchev–Trinajstić information content (AvgIpc) is 3.10. The topological polar surface area (TPSA) is 84.7 Å². The average molecular weight is 278 g/mol. The molecule has 2 N–H and O–H groups in total. The van der Waals surface area contributed by atoms with E-state index in [0.29, 0.717) is 4.88 Å². The molecular weight excluding hydrogens is 264 g/mol. The molecule has 0 aliphatic carbocycles. The number of hydrogen-bond acceptors (Lipinski definition) is 6. The summed E-state index contributed by atoms with van der Waals surface area (Å²) in [5.74, 6) is -0.0609. The van der Waals surface area contributed by atoms with Gasteiger partial charge in [0.25, 0.3) is 5.91 Å². The summed E-state index contributed by atoms with van der Waals surface area (Å²) in [6.07, 6.45) is 3.60. The number of nitrogens with one attached hydrogen (secondary N) is 2. The highest BCUT2D eigenvalue weighted by Crippen LogP contribution is 2.20. The SMILES string of the molecule is O=C(N[C@H]1CCCNC1)c1sccc1-n1cnnn1. The van der Waals surface area contributed by atoms with E-state index < -0.39 is 0 Å². The van der Waals surface area contributed by atoms with Crippen LogP contribution < -0.4 is 10.6 Å². The Hall–Kier alpha value is -1.80. The summed E-state index contributed by atoms with van der Waals surface area (Å²) >= 11 is 1.40. The molecule has 1 fully saturated rings. The van der Waals surface area contributed by atoms with Crippen molar-refractivity contribution in [2.45, 2.75) is 18.9 Å². The lowest BCUT2D eigenvalue weighted by molar-refractivity contribution is 0.0934. The van der Waals surface area contributed by atoms with E-state index in [4.69, 9.17) is 0 Å². The minimum atomic E-state index is -0.0609. The first-order valence-electron chi connectivity index (χ1n) is 6.17. The normalized spacial score (nSPS) is 19.3. The van der Waals surface area contributed by atoms with Gasteiger partial charge in [-0.05, 0) is 41.3 Å². The Balaban J connectivity index is 1.75. The summed E-state index contributed by atoms with van der Waals surface area (Å²) in [6.45, 7) is 1.86. The third kappa shape index (κ3) is 2.64. The van der Waals surface area contributed by atoms with E-state index in [1.54, 1.807) is 0 Å². The van der Waals surface area contributed by atoms with E-state index in [0.717, 1.165) is 31.6 Å². The van der Waals surface area contributed by atoms with Crippen LogP contribution in [0.15, 0.2) is 17.8 Å². The summed E-state index contributed by atoms with van der Waals surface area (Å²) in [4.78, 5) is 12.9. The van der Waals surface area contributed by atoms with Crippen molar-refractivity contribution in [3.8, 4) is 5.69 Å². The van der Waals surface area contributed by atoms with E-state index in [9.17, 15) is 4.79 Å². The first-order chi connectivity index (χ1) is 9.34. The fourth-order valence-corrected chi connectivity index (χ4v) is 2.93. The van der Waals surface area contributed by atoms with Crippen LogP contribution in [0.2, 0.25) is 0 Å². The Morgan fingerprint density at radius 3 is 3.26 bits per heavy atom. The molecular formula is C11H14N6OS. The van der Waals surface area contributed by atoms with Gasteiger partial charge in [0, 0.05) is 12.6 Å². The van der Waals surface area contributed by atoms with Crippen LogP contribution in [0.25, 0.3) is 5.69 Å². The number of hydrogen-bond donors (Lipinski definition) is 2. The fourth-order valence-electron chi connectivity index (χ4n) is 2.15. The molecule has 2 aromatic heterocycles. The van der Waals surface area contributed by atoms with Gasteiger partial charge in [-0.3, -0.25) is 4.79 Å². The van der Waals surface area contributed by atoms with Crippen molar-refractivity contribution in [1.82, 2.24) is 30.8 Å². The first kappa shape index (κ1) is 12.2. The van der Waals surface area contributed by atoms with Crippen molar-refractivity contribution >= 4 is 17.2 Å². The zero-order chi connectivity index (χ0) is 13.1. The predicted octanol–water partition coefficient (Wildman–Crippen LogP) is 0.206. The Bertz CT molecular complexity index is 545. The van der Waals surface area contributed by atoms with Crippen molar-refractivity contribution in [3.63, 3.8) is 0 Å². The van der Waals surface area contributed by atoms with Gasteiger partial charge in [0.2, 0.25) is 0 Å². The van der Waals surface area contributed by atoms with Crippen LogP contribution >= 0.6 is 11.3 Å².